The highest BCUT2D eigenvalue weighted by Gasteiger charge is 2.50. The highest BCUT2D eigenvalue weighted by Crippen LogP contribution is 2.54. The lowest BCUT2D eigenvalue weighted by Gasteiger charge is -2.40. The molecule has 1 aromatic heterocycles. The molecule has 1 saturated heterocycles. The van der Waals surface area contributed by atoms with E-state index in [0.717, 1.165) is 63.6 Å². The van der Waals surface area contributed by atoms with Crippen LogP contribution in [0.5, 0.6) is 0 Å². The Morgan fingerprint density at radius 3 is 2.76 bits per heavy atom. The van der Waals surface area contributed by atoms with E-state index in [9.17, 15) is 5.11 Å². The Balaban J connectivity index is 1.13. The van der Waals surface area contributed by atoms with Crippen LogP contribution >= 0.6 is 0 Å². The largest absolute Gasteiger partial charge is 0.390 e. The van der Waals surface area contributed by atoms with Crippen molar-refractivity contribution in [2.45, 2.75) is 56.2 Å². The number of ether oxygens (including phenoxy) is 1. The average molecular weight is 461 g/mol. The van der Waals surface area contributed by atoms with Crippen molar-refractivity contribution in [3.63, 3.8) is 0 Å². The molecule has 180 valence electrons. The van der Waals surface area contributed by atoms with E-state index in [1.54, 1.807) is 0 Å². The van der Waals surface area contributed by atoms with Crippen molar-refractivity contribution in [2.75, 3.05) is 44.7 Å². The molecule has 1 aliphatic carbocycles. The van der Waals surface area contributed by atoms with E-state index in [1.807, 2.05) is 0 Å². The molecule has 2 fully saturated rings. The van der Waals surface area contributed by atoms with Crippen LogP contribution < -0.4 is 5.32 Å². The Morgan fingerprint density at radius 1 is 1.18 bits per heavy atom. The number of nitrogens with one attached hydrogen (secondary N) is 1. The van der Waals surface area contributed by atoms with Gasteiger partial charge in [-0.05, 0) is 54.9 Å². The van der Waals surface area contributed by atoms with Crippen LogP contribution in [0.25, 0.3) is 5.70 Å². The lowest BCUT2D eigenvalue weighted by atomic mass is 9.86. The number of anilines is 1. The Kier molecular flexibility index (Phi) is 5.84. The third-order valence-corrected chi connectivity index (χ3v) is 8.20. The highest BCUT2D eigenvalue weighted by molar-refractivity contribution is 5.72. The summed E-state index contributed by atoms with van der Waals surface area (Å²) in [6.45, 7) is 10.3. The summed E-state index contributed by atoms with van der Waals surface area (Å²) in [4.78, 5) is 9.49. The van der Waals surface area contributed by atoms with Gasteiger partial charge in [0, 0.05) is 74.9 Å². The number of fused-ring (bicyclic) bond motifs is 3. The first kappa shape index (κ1) is 22.1. The van der Waals surface area contributed by atoms with Crippen molar-refractivity contribution in [2.24, 2.45) is 0 Å². The quantitative estimate of drug-likeness (QED) is 0.689. The predicted octanol–water partition coefficient (Wildman–Crippen LogP) is 3.41. The molecule has 34 heavy (non-hydrogen) atoms. The number of β-amino-alcohol motifs (C(OH)–C–C–N with tert-alkyl or cyclic N) is 1. The van der Waals surface area contributed by atoms with E-state index < -0.39 is 6.10 Å². The van der Waals surface area contributed by atoms with Crippen molar-refractivity contribution in [3.8, 4) is 0 Å². The maximum Gasteiger partial charge on any atom is 0.126 e. The normalized spacial score (nSPS) is 22.9. The molecule has 2 aromatic rings. The fourth-order valence-corrected chi connectivity index (χ4v) is 6.04. The van der Waals surface area contributed by atoms with Crippen LogP contribution in [0.4, 0.5) is 5.82 Å². The van der Waals surface area contributed by atoms with Crippen LogP contribution in [0.1, 0.15) is 47.9 Å². The first-order chi connectivity index (χ1) is 16.6. The van der Waals surface area contributed by atoms with Crippen molar-refractivity contribution in [3.05, 3.63) is 65.4 Å². The SMILES string of the molecule is C=C1c2cc(NC3CCOCC3)ncc2C2(CC2)CN1C[C@H](O)CN1CCc2ccccc2C1. The Bertz CT molecular complexity index is 1060. The van der Waals surface area contributed by atoms with Gasteiger partial charge in [-0.2, -0.15) is 0 Å². The molecule has 0 radical (unpaired) electrons. The number of aliphatic hydroxyl groups excluding tert-OH is 1. The van der Waals surface area contributed by atoms with Gasteiger partial charge in [0.2, 0.25) is 0 Å². The minimum Gasteiger partial charge on any atom is -0.390 e. The molecule has 2 N–H and O–H groups in total. The smallest absolute Gasteiger partial charge is 0.126 e. The fraction of sp³-hybridized carbons (Fsp3) is 0.536. The Morgan fingerprint density at radius 2 is 1.97 bits per heavy atom. The van der Waals surface area contributed by atoms with Crippen LogP contribution in [0, 0.1) is 0 Å². The molecule has 6 rings (SSSR count). The van der Waals surface area contributed by atoms with Gasteiger partial charge in [-0.25, -0.2) is 4.98 Å². The second kappa shape index (κ2) is 8.99. The molecule has 0 amide bonds. The predicted molar refractivity (Wildman–Crippen MR) is 135 cm³/mol. The summed E-state index contributed by atoms with van der Waals surface area (Å²) in [6.07, 6.45) is 7.15. The van der Waals surface area contributed by atoms with Crippen LogP contribution in [0.3, 0.4) is 0 Å². The van der Waals surface area contributed by atoms with Crippen LogP contribution in [-0.2, 0) is 23.1 Å². The fourth-order valence-electron chi connectivity index (χ4n) is 6.04. The molecule has 6 heteroatoms. The van der Waals surface area contributed by atoms with Gasteiger partial charge in [0.15, 0.2) is 0 Å². The summed E-state index contributed by atoms with van der Waals surface area (Å²) in [6, 6.07) is 11.3. The van der Waals surface area contributed by atoms with Gasteiger partial charge in [-0.15, -0.1) is 0 Å². The van der Waals surface area contributed by atoms with Gasteiger partial charge in [0.25, 0.3) is 0 Å². The number of aromatic nitrogens is 1. The number of pyridine rings is 1. The summed E-state index contributed by atoms with van der Waals surface area (Å²) in [5, 5.41) is 14.7. The van der Waals surface area contributed by atoms with Crippen LogP contribution in [-0.4, -0.2) is 71.4 Å². The van der Waals surface area contributed by atoms with Gasteiger partial charge in [-0.3, -0.25) is 4.90 Å². The number of rotatable bonds is 6. The molecule has 0 bridgehead atoms. The molecule has 1 aromatic carbocycles. The number of aliphatic hydroxyl groups is 1. The summed E-state index contributed by atoms with van der Waals surface area (Å²) >= 11 is 0. The molecule has 4 aliphatic rings. The van der Waals surface area contributed by atoms with E-state index in [2.05, 4.69) is 58.2 Å². The third kappa shape index (κ3) is 4.35. The first-order valence-corrected chi connectivity index (χ1v) is 12.9. The molecular weight excluding hydrogens is 424 g/mol. The molecule has 1 saturated carbocycles. The Hall–Kier alpha value is -2.41. The Labute approximate surface area is 202 Å². The van der Waals surface area contributed by atoms with Gasteiger partial charge in [-0.1, -0.05) is 30.8 Å². The average Bonchev–Trinajstić information content (AvgIpc) is 3.63. The molecule has 3 aliphatic heterocycles. The monoisotopic (exact) mass is 460 g/mol. The van der Waals surface area contributed by atoms with E-state index in [4.69, 9.17) is 9.72 Å². The minimum absolute atomic E-state index is 0.185. The summed E-state index contributed by atoms with van der Waals surface area (Å²) in [7, 11) is 0. The lowest BCUT2D eigenvalue weighted by Crippen LogP contribution is -2.45. The summed E-state index contributed by atoms with van der Waals surface area (Å²) in [5.74, 6) is 0.928. The zero-order chi connectivity index (χ0) is 23.1. The van der Waals surface area contributed by atoms with Gasteiger partial charge in [0.05, 0.1) is 6.10 Å². The van der Waals surface area contributed by atoms with Crippen LogP contribution in [0.2, 0.25) is 0 Å². The van der Waals surface area contributed by atoms with Crippen molar-refractivity contribution >= 4 is 11.5 Å². The first-order valence-electron chi connectivity index (χ1n) is 12.9. The third-order valence-electron chi connectivity index (χ3n) is 8.20. The molecule has 6 nitrogen and oxygen atoms in total. The standard InChI is InChI=1S/C28H36N4O2/c1-20-25-14-27(30-23-7-12-34-13-8-23)29-15-26(25)28(9-10-28)19-32(20)18-24(33)17-31-11-6-21-4-2-3-5-22(21)16-31/h2-5,14-15,23-24,33H,1,6-13,16-19H2,(H,29,30)/t24-/m1/s1. The maximum absolute atomic E-state index is 11.1. The van der Waals surface area contributed by atoms with Crippen molar-refractivity contribution in [1.82, 2.24) is 14.8 Å². The lowest BCUT2D eigenvalue weighted by molar-refractivity contribution is 0.0815. The second-order valence-corrected chi connectivity index (χ2v) is 10.7. The summed E-state index contributed by atoms with van der Waals surface area (Å²) in [5.41, 5.74) is 6.59. The van der Waals surface area contributed by atoms with E-state index >= 15 is 0 Å². The van der Waals surface area contributed by atoms with E-state index in [0.29, 0.717) is 19.1 Å². The van der Waals surface area contributed by atoms with Gasteiger partial charge < -0.3 is 20.1 Å². The van der Waals surface area contributed by atoms with E-state index in [1.165, 1.54) is 35.1 Å². The molecule has 0 unspecified atom stereocenters. The number of hydrogen-bond acceptors (Lipinski definition) is 6. The van der Waals surface area contributed by atoms with Gasteiger partial charge in [0.1, 0.15) is 5.82 Å². The zero-order valence-corrected chi connectivity index (χ0v) is 20.0. The zero-order valence-electron chi connectivity index (χ0n) is 20.0. The van der Waals surface area contributed by atoms with Crippen molar-refractivity contribution < 1.29 is 9.84 Å². The number of benzene rings is 1. The molecular formula is C28H36N4O2. The van der Waals surface area contributed by atoms with E-state index in [-0.39, 0.29) is 5.41 Å². The molecule has 4 heterocycles. The highest BCUT2D eigenvalue weighted by atomic mass is 16.5. The number of hydrogen-bond donors (Lipinski definition) is 2. The number of nitrogens with zero attached hydrogens (tertiary/aromatic N) is 3. The van der Waals surface area contributed by atoms with Gasteiger partial charge >= 0.3 is 0 Å². The topological polar surface area (TPSA) is 60.9 Å². The maximum atomic E-state index is 11.1. The molecule has 1 atom stereocenters. The van der Waals surface area contributed by atoms with Crippen molar-refractivity contribution in [1.29, 1.82) is 0 Å². The van der Waals surface area contributed by atoms with Crippen LogP contribution in [0.15, 0.2) is 43.1 Å². The second-order valence-electron chi connectivity index (χ2n) is 10.7. The molecule has 1 spiro atoms. The summed E-state index contributed by atoms with van der Waals surface area (Å²) < 4.78 is 5.50. The minimum atomic E-state index is -0.402.